The van der Waals surface area contributed by atoms with Gasteiger partial charge >= 0.3 is 6.09 Å². The largest absolute Gasteiger partial charge is 0.445 e. The van der Waals surface area contributed by atoms with Crippen molar-refractivity contribution < 1.29 is 14.6 Å². The van der Waals surface area contributed by atoms with Crippen molar-refractivity contribution in [2.45, 2.75) is 32.3 Å². The molecule has 3 rings (SSSR count). The molecule has 1 aromatic carbocycles. The second-order valence-corrected chi connectivity index (χ2v) is 6.50. The van der Waals surface area contributed by atoms with Crippen LogP contribution in [0.25, 0.3) is 0 Å². The highest BCUT2D eigenvalue weighted by Crippen LogP contribution is 2.47. The van der Waals surface area contributed by atoms with Crippen molar-refractivity contribution in [1.29, 1.82) is 0 Å². The number of hydrogen-bond donors (Lipinski definition) is 1. The van der Waals surface area contributed by atoms with Crippen molar-refractivity contribution in [3.63, 3.8) is 0 Å². The molecule has 21 heavy (non-hydrogen) atoms. The highest BCUT2D eigenvalue weighted by Gasteiger charge is 2.45. The van der Waals surface area contributed by atoms with Crippen LogP contribution in [0.2, 0.25) is 0 Å². The maximum atomic E-state index is 12.2. The Bertz CT molecular complexity index is 490. The average Bonchev–Trinajstić information content (AvgIpc) is 3.13. The summed E-state index contributed by atoms with van der Waals surface area (Å²) in [6.07, 6.45) is 4.10. The summed E-state index contributed by atoms with van der Waals surface area (Å²) in [7, 11) is 0. The summed E-state index contributed by atoms with van der Waals surface area (Å²) < 4.78 is 5.41. The van der Waals surface area contributed by atoms with Gasteiger partial charge in [0.2, 0.25) is 0 Å². The van der Waals surface area contributed by atoms with E-state index in [1.807, 2.05) is 35.2 Å². The minimum atomic E-state index is -0.205. The van der Waals surface area contributed by atoms with Gasteiger partial charge in [0.05, 0.1) is 0 Å². The van der Waals surface area contributed by atoms with Crippen LogP contribution in [0, 0.1) is 11.3 Å². The molecule has 1 amide bonds. The third kappa shape index (κ3) is 3.21. The van der Waals surface area contributed by atoms with Crippen LogP contribution in [-0.4, -0.2) is 35.8 Å². The zero-order valence-corrected chi connectivity index (χ0v) is 12.3. The van der Waals surface area contributed by atoms with Gasteiger partial charge < -0.3 is 14.7 Å². The van der Waals surface area contributed by atoms with Gasteiger partial charge in [0.15, 0.2) is 0 Å². The molecule has 1 aliphatic heterocycles. The molecule has 0 bridgehead atoms. The SMILES string of the molecule is O=C(OCc1ccccc1)N1CC[C@@]2(CC[C@@H](CO)C2)C1. The smallest absolute Gasteiger partial charge is 0.410 e. The van der Waals surface area contributed by atoms with Crippen molar-refractivity contribution in [2.24, 2.45) is 11.3 Å². The van der Waals surface area contributed by atoms with Gasteiger partial charge in [-0.1, -0.05) is 30.3 Å². The van der Waals surface area contributed by atoms with Gasteiger partial charge in [-0.05, 0) is 42.6 Å². The van der Waals surface area contributed by atoms with E-state index in [0.29, 0.717) is 12.5 Å². The normalized spacial score (nSPS) is 28.2. The number of carbonyl (C=O) groups is 1. The highest BCUT2D eigenvalue weighted by atomic mass is 16.6. The lowest BCUT2D eigenvalue weighted by atomic mass is 9.84. The molecule has 1 aliphatic carbocycles. The van der Waals surface area contributed by atoms with Crippen molar-refractivity contribution in [2.75, 3.05) is 19.7 Å². The number of benzene rings is 1. The first-order valence-electron chi connectivity index (χ1n) is 7.77. The summed E-state index contributed by atoms with van der Waals surface area (Å²) in [6.45, 7) is 2.19. The number of ether oxygens (including phenoxy) is 1. The Labute approximate surface area is 125 Å². The molecule has 4 heteroatoms. The van der Waals surface area contributed by atoms with E-state index in [2.05, 4.69) is 0 Å². The molecule has 2 aliphatic rings. The van der Waals surface area contributed by atoms with Crippen LogP contribution >= 0.6 is 0 Å². The Balaban J connectivity index is 1.51. The highest BCUT2D eigenvalue weighted by molar-refractivity contribution is 5.68. The second kappa shape index (κ2) is 6.06. The first-order chi connectivity index (χ1) is 10.2. The van der Waals surface area contributed by atoms with E-state index in [0.717, 1.165) is 44.3 Å². The summed E-state index contributed by atoms with van der Waals surface area (Å²) in [5.74, 6) is 0.422. The maximum absolute atomic E-state index is 12.2. The van der Waals surface area contributed by atoms with Crippen LogP contribution in [0.5, 0.6) is 0 Å². The number of carbonyl (C=O) groups excluding carboxylic acids is 1. The zero-order valence-electron chi connectivity index (χ0n) is 12.3. The Hall–Kier alpha value is -1.55. The Morgan fingerprint density at radius 3 is 2.86 bits per heavy atom. The third-order valence-corrected chi connectivity index (χ3v) is 4.96. The molecule has 4 nitrogen and oxygen atoms in total. The van der Waals surface area contributed by atoms with E-state index < -0.39 is 0 Å². The zero-order chi connectivity index (χ0) is 14.7. The number of hydrogen-bond acceptors (Lipinski definition) is 3. The molecule has 2 fully saturated rings. The third-order valence-electron chi connectivity index (χ3n) is 4.96. The van der Waals surface area contributed by atoms with Crippen molar-refractivity contribution in [1.82, 2.24) is 4.90 Å². The molecule has 2 atom stereocenters. The van der Waals surface area contributed by atoms with Crippen LogP contribution in [0.4, 0.5) is 4.79 Å². The standard InChI is InChI=1S/C17H23NO3/c19-11-15-6-7-17(10-15)8-9-18(13-17)16(20)21-12-14-4-2-1-3-5-14/h1-5,15,19H,6-13H2/t15-,17-/m1/s1. The van der Waals surface area contributed by atoms with Crippen LogP contribution in [0.1, 0.15) is 31.2 Å². The van der Waals surface area contributed by atoms with Gasteiger partial charge in [-0.3, -0.25) is 0 Å². The van der Waals surface area contributed by atoms with E-state index in [9.17, 15) is 9.90 Å². The lowest BCUT2D eigenvalue weighted by Crippen LogP contribution is -2.31. The lowest BCUT2D eigenvalue weighted by Gasteiger charge is -2.23. The van der Waals surface area contributed by atoms with Crippen LogP contribution in [0.15, 0.2) is 30.3 Å². The second-order valence-electron chi connectivity index (χ2n) is 6.50. The topological polar surface area (TPSA) is 49.8 Å². The molecule has 0 radical (unpaired) electrons. The van der Waals surface area contributed by atoms with Crippen LogP contribution < -0.4 is 0 Å². The summed E-state index contributed by atoms with van der Waals surface area (Å²) in [6, 6.07) is 9.76. The molecule has 1 saturated heterocycles. The van der Waals surface area contributed by atoms with Gasteiger partial charge in [0.25, 0.3) is 0 Å². The number of likely N-dealkylation sites (tertiary alicyclic amines) is 1. The summed E-state index contributed by atoms with van der Waals surface area (Å²) >= 11 is 0. The van der Waals surface area contributed by atoms with Gasteiger partial charge in [-0.15, -0.1) is 0 Å². The molecule has 1 N–H and O–H groups in total. The Morgan fingerprint density at radius 2 is 2.14 bits per heavy atom. The number of nitrogens with zero attached hydrogens (tertiary/aromatic N) is 1. The molecule has 1 heterocycles. The minimum Gasteiger partial charge on any atom is -0.445 e. The van der Waals surface area contributed by atoms with Crippen LogP contribution in [-0.2, 0) is 11.3 Å². The predicted molar refractivity (Wildman–Crippen MR) is 79.7 cm³/mol. The summed E-state index contributed by atoms with van der Waals surface area (Å²) in [5.41, 5.74) is 1.25. The van der Waals surface area contributed by atoms with Gasteiger partial charge in [-0.25, -0.2) is 4.79 Å². The minimum absolute atomic E-state index is 0.205. The molecule has 1 aromatic rings. The molecular weight excluding hydrogens is 266 g/mol. The number of rotatable bonds is 3. The van der Waals surface area contributed by atoms with Crippen LogP contribution in [0.3, 0.4) is 0 Å². The Kier molecular flexibility index (Phi) is 4.15. The van der Waals surface area contributed by atoms with Gasteiger partial charge in [0, 0.05) is 19.7 Å². The first-order valence-corrected chi connectivity index (χ1v) is 7.77. The van der Waals surface area contributed by atoms with E-state index in [4.69, 9.17) is 4.74 Å². The van der Waals surface area contributed by atoms with E-state index >= 15 is 0 Å². The van der Waals surface area contributed by atoms with E-state index in [1.165, 1.54) is 0 Å². The fourth-order valence-corrected chi connectivity index (χ4v) is 3.75. The average molecular weight is 289 g/mol. The van der Waals surface area contributed by atoms with Crippen molar-refractivity contribution in [3.05, 3.63) is 35.9 Å². The molecular formula is C17H23NO3. The van der Waals surface area contributed by atoms with Crippen molar-refractivity contribution in [3.8, 4) is 0 Å². The lowest BCUT2D eigenvalue weighted by molar-refractivity contribution is 0.0992. The quantitative estimate of drug-likeness (QED) is 0.931. The fourth-order valence-electron chi connectivity index (χ4n) is 3.75. The van der Waals surface area contributed by atoms with Gasteiger partial charge in [-0.2, -0.15) is 0 Å². The maximum Gasteiger partial charge on any atom is 0.410 e. The number of aliphatic hydroxyl groups is 1. The van der Waals surface area contributed by atoms with E-state index in [1.54, 1.807) is 0 Å². The van der Waals surface area contributed by atoms with E-state index in [-0.39, 0.29) is 18.1 Å². The fraction of sp³-hybridized carbons (Fsp3) is 0.588. The molecule has 1 saturated carbocycles. The number of aliphatic hydroxyl groups excluding tert-OH is 1. The molecule has 114 valence electrons. The predicted octanol–water partition coefficient (Wildman–Crippen LogP) is 2.81. The molecule has 0 aromatic heterocycles. The summed E-state index contributed by atoms with van der Waals surface area (Å²) in [5, 5.41) is 9.29. The van der Waals surface area contributed by atoms with Crippen molar-refractivity contribution >= 4 is 6.09 Å². The molecule has 1 spiro atoms. The first kappa shape index (κ1) is 14.4. The summed E-state index contributed by atoms with van der Waals surface area (Å²) in [4.78, 5) is 14.0. The Morgan fingerprint density at radius 1 is 1.33 bits per heavy atom. The monoisotopic (exact) mass is 289 g/mol. The molecule has 0 unspecified atom stereocenters. The van der Waals surface area contributed by atoms with Gasteiger partial charge in [0.1, 0.15) is 6.61 Å². The number of amides is 1.